The van der Waals surface area contributed by atoms with E-state index >= 15 is 0 Å². The first-order chi connectivity index (χ1) is 9.36. The van der Waals surface area contributed by atoms with Crippen molar-refractivity contribution >= 4 is 11.9 Å². The maximum absolute atomic E-state index is 12.2. The first-order valence-corrected chi connectivity index (χ1v) is 7.47. The molecule has 0 spiro atoms. The topological polar surface area (TPSA) is 43.1 Å². The summed E-state index contributed by atoms with van der Waals surface area (Å²) in [6, 6.07) is 6.17. The third-order valence-corrected chi connectivity index (χ3v) is 4.45. The number of benzene rings is 1. The van der Waals surface area contributed by atoms with Gasteiger partial charge in [0.25, 0.3) is 0 Å². The predicted molar refractivity (Wildman–Crippen MR) is 82.5 cm³/mol. The number of carbonyl (C=O) groups excluding carboxylic acids is 1. The highest BCUT2D eigenvalue weighted by molar-refractivity contribution is 5.88. The summed E-state index contributed by atoms with van der Waals surface area (Å²) >= 11 is 0. The van der Waals surface area contributed by atoms with E-state index in [-0.39, 0.29) is 11.2 Å². The highest BCUT2D eigenvalue weighted by Gasteiger charge is 2.39. The van der Waals surface area contributed by atoms with E-state index in [1.165, 1.54) is 17.5 Å². The van der Waals surface area contributed by atoms with Crippen LogP contribution in [0.2, 0.25) is 0 Å². The largest absolute Gasteiger partial charge is 0.321 e. The molecular weight excluding hydrogens is 246 g/mol. The molecule has 0 aliphatic heterocycles. The van der Waals surface area contributed by atoms with Crippen molar-refractivity contribution in [2.45, 2.75) is 45.6 Å². The number of rotatable bonds is 3. The maximum Gasteiger partial charge on any atom is 0.155 e. The molecule has 0 bridgehead atoms. The number of ketones is 1. The van der Waals surface area contributed by atoms with E-state index in [4.69, 9.17) is 5.73 Å². The summed E-state index contributed by atoms with van der Waals surface area (Å²) in [7, 11) is 0. The summed E-state index contributed by atoms with van der Waals surface area (Å²) in [6.45, 7) is 5.79. The van der Waals surface area contributed by atoms with Crippen LogP contribution >= 0.6 is 0 Å². The van der Waals surface area contributed by atoms with Crippen molar-refractivity contribution in [2.24, 2.45) is 17.1 Å². The van der Waals surface area contributed by atoms with Gasteiger partial charge in [-0.15, -0.1) is 0 Å². The molecule has 0 saturated heterocycles. The second-order valence-corrected chi connectivity index (χ2v) is 7.25. The number of fused-ring (bicyclic) bond motifs is 3. The minimum absolute atomic E-state index is 0.132. The lowest BCUT2D eigenvalue weighted by atomic mass is 9.84. The van der Waals surface area contributed by atoms with E-state index in [1.807, 2.05) is 20.8 Å². The van der Waals surface area contributed by atoms with Crippen LogP contribution in [-0.2, 0) is 11.2 Å². The first kappa shape index (κ1) is 13.6. The van der Waals surface area contributed by atoms with Crippen LogP contribution in [0.4, 0.5) is 0 Å². The second kappa shape index (κ2) is 4.56. The zero-order valence-corrected chi connectivity index (χ0v) is 12.5. The molecule has 0 heterocycles. The van der Waals surface area contributed by atoms with Crippen LogP contribution < -0.4 is 5.73 Å². The van der Waals surface area contributed by atoms with E-state index in [0.29, 0.717) is 6.42 Å². The van der Waals surface area contributed by atoms with Crippen molar-refractivity contribution in [3.63, 3.8) is 0 Å². The molecule has 3 atom stereocenters. The molecule has 2 heteroatoms. The summed E-state index contributed by atoms with van der Waals surface area (Å²) in [5, 5.41) is 0. The average molecular weight is 269 g/mol. The third kappa shape index (κ3) is 2.45. The fraction of sp³-hybridized carbons (Fsp3) is 0.500. The number of allylic oxidation sites excluding steroid dienone is 1. The van der Waals surface area contributed by atoms with E-state index in [1.54, 1.807) is 0 Å². The monoisotopic (exact) mass is 269 g/mol. The Morgan fingerprint density at radius 1 is 1.40 bits per heavy atom. The summed E-state index contributed by atoms with van der Waals surface area (Å²) < 4.78 is 0. The standard InChI is InChI=1S/C18H23NO/c1-18(2,3)17(20)16(19)9-11-4-7-14-12(8-11)5-6-13-10-15(13)14/h4-8,13,15-16H,9-10,19H2,1-3H3. The lowest BCUT2D eigenvalue weighted by molar-refractivity contribution is -0.127. The molecule has 2 aliphatic rings. The highest BCUT2D eigenvalue weighted by atomic mass is 16.1. The van der Waals surface area contributed by atoms with Crippen LogP contribution in [0, 0.1) is 11.3 Å². The molecule has 2 N–H and O–H groups in total. The summed E-state index contributed by atoms with van der Waals surface area (Å²) in [4.78, 5) is 12.2. The Hall–Kier alpha value is -1.41. The van der Waals surface area contributed by atoms with Gasteiger partial charge in [0.1, 0.15) is 0 Å². The smallest absolute Gasteiger partial charge is 0.155 e. The van der Waals surface area contributed by atoms with E-state index in [0.717, 1.165) is 17.4 Å². The molecule has 2 aliphatic carbocycles. The van der Waals surface area contributed by atoms with Crippen LogP contribution in [0.25, 0.3) is 6.08 Å². The lowest BCUT2D eigenvalue weighted by Crippen LogP contribution is -2.40. The van der Waals surface area contributed by atoms with Crippen molar-refractivity contribution in [1.29, 1.82) is 0 Å². The molecule has 0 radical (unpaired) electrons. The molecule has 1 aromatic carbocycles. The van der Waals surface area contributed by atoms with Crippen molar-refractivity contribution < 1.29 is 4.79 Å². The van der Waals surface area contributed by atoms with Crippen molar-refractivity contribution in [3.05, 3.63) is 41.0 Å². The van der Waals surface area contributed by atoms with Gasteiger partial charge in [0.05, 0.1) is 6.04 Å². The number of nitrogens with two attached hydrogens (primary N) is 1. The Bertz CT molecular complexity index is 580. The van der Waals surface area contributed by atoms with Crippen LogP contribution in [0.5, 0.6) is 0 Å². The average Bonchev–Trinajstić information content (AvgIpc) is 3.15. The molecule has 106 valence electrons. The predicted octanol–water partition coefficient (Wildman–Crippen LogP) is 3.30. The minimum atomic E-state index is -0.408. The van der Waals surface area contributed by atoms with Crippen LogP contribution in [0.1, 0.15) is 49.8 Å². The number of carbonyl (C=O) groups is 1. The van der Waals surface area contributed by atoms with Crippen molar-refractivity contribution in [1.82, 2.24) is 0 Å². The van der Waals surface area contributed by atoms with E-state index in [2.05, 4.69) is 30.4 Å². The van der Waals surface area contributed by atoms with Gasteiger partial charge in [-0.3, -0.25) is 4.79 Å². The number of hydrogen-bond acceptors (Lipinski definition) is 2. The normalized spacial score (nSPS) is 24.8. The van der Waals surface area contributed by atoms with Gasteiger partial charge in [-0.25, -0.2) is 0 Å². The van der Waals surface area contributed by atoms with Gasteiger partial charge in [0.15, 0.2) is 5.78 Å². The first-order valence-electron chi connectivity index (χ1n) is 7.47. The van der Waals surface area contributed by atoms with E-state index < -0.39 is 6.04 Å². The van der Waals surface area contributed by atoms with Crippen LogP contribution in [0.3, 0.4) is 0 Å². The van der Waals surface area contributed by atoms with Gasteiger partial charge in [0, 0.05) is 5.41 Å². The quantitative estimate of drug-likeness (QED) is 0.915. The van der Waals surface area contributed by atoms with E-state index in [9.17, 15) is 4.79 Å². The Kier molecular flexibility index (Phi) is 3.09. The minimum Gasteiger partial charge on any atom is -0.321 e. The summed E-state index contributed by atoms with van der Waals surface area (Å²) in [5.41, 5.74) is 9.66. The Balaban J connectivity index is 1.76. The van der Waals surface area contributed by atoms with Crippen LogP contribution in [0.15, 0.2) is 24.3 Å². The zero-order valence-electron chi connectivity index (χ0n) is 12.5. The number of hydrogen-bond donors (Lipinski definition) is 1. The molecule has 2 nitrogen and oxygen atoms in total. The fourth-order valence-corrected chi connectivity index (χ4v) is 3.15. The Labute approximate surface area is 121 Å². The molecule has 3 rings (SSSR count). The molecule has 1 saturated carbocycles. The van der Waals surface area contributed by atoms with Gasteiger partial charge in [0.2, 0.25) is 0 Å². The Morgan fingerprint density at radius 2 is 2.15 bits per heavy atom. The fourth-order valence-electron chi connectivity index (χ4n) is 3.15. The maximum atomic E-state index is 12.2. The van der Waals surface area contributed by atoms with Crippen LogP contribution in [-0.4, -0.2) is 11.8 Å². The third-order valence-electron chi connectivity index (χ3n) is 4.45. The van der Waals surface area contributed by atoms with Crippen molar-refractivity contribution in [2.75, 3.05) is 0 Å². The van der Waals surface area contributed by atoms with Gasteiger partial charge < -0.3 is 5.73 Å². The number of Topliss-reactive ketones (excluding diaryl/α,β-unsaturated/α-hetero) is 1. The van der Waals surface area contributed by atoms with Crippen molar-refractivity contribution in [3.8, 4) is 0 Å². The SMILES string of the molecule is CC(C)(C)C(=O)C(N)Cc1ccc2c(c1)C=CC1CC21. The molecule has 0 amide bonds. The molecule has 20 heavy (non-hydrogen) atoms. The molecule has 3 unspecified atom stereocenters. The Morgan fingerprint density at radius 3 is 2.85 bits per heavy atom. The molecule has 0 aromatic heterocycles. The molecule has 1 fully saturated rings. The highest BCUT2D eigenvalue weighted by Crippen LogP contribution is 2.52. The zero-order chi connectivity index (χ0) is 14.5. The summed E-state index contributed by atoms with van der Waals surface area (Å²) in [5.74, 6) is 1.65. The van der Waals surface area contributed by atoms with Gasteiger partial charge >= 0.3 is 0 Å². The molecular formula is C18H23NO. The van der Waals surface area contributed by atoms with Gasteiger partial charge in [-0.05, 0) is 41.4 Å². The molecule has 1 aromatic rings. The van der Waals surface area contributed by atoms with Gasteiger partial charge in [-0.2, -0.15) is 0 Å². The second-order valence-electron chi connectivity index (χ2n) is 7.25. The van der Waals surface area contributed by atoms with Gasteiger partial charge in [-0.1, -0.05) is 51.1 Å². The summed E-state index contributed by atoms with van der Waals surface area (Å²) in [6.07, 6.45) is 6.47. The lowest BCUT2D eigenvalue weighted by Gasteiger charge is -2.22.